The molecule has 2 aromatic rings. The number of aryl methyl sites for hydroxylation is 1. The van der Waals surface area contributed by atoms with E-state index in [2.05, 4.69) is 27.8 Å². The van der Waals surface area contributed by atoms with Gasteiger partial charge in [-0.15, -0.1) is 0 Å². The fraction of sp³-hybridized carbons (Fsp3) is 0.417. The maximum Gasteiger partial charge on any atom is 0.253 e. The van der Waals surface area contributed by atoms with Crippen molar-refractivity contribution < 1.29 is 9.53 Å². The molecule has 1 amide bonds. The highest BCUT2D eigenvalue weighted by atomic mass is 16.5. The zero-order valence-corrected chi connectivity index (χ0v) is 18.2. The van der Waals surface area contributed by atoms with Crippen molar-refractivity contribution in [2.45, 2.75) is 39.3 Å². The number of hydrogen-bond donors (Lipinski definition) is 2. The minimum atomic E-state index is 0.138. The minimum Gasteiger partial charge on any atom is -0.496 e. The number of guanidine groups is 1. The number of likely N-dealkylation sites (tertiary alicyclic amines) is 1. The second-order valence-corrected chi connectivity index (χ2v) is 7.64. The summed E-state index contributed by atoms with van der Waals surface area (Å²) in [5.41, 5.74) is 4.10. The van der Waals surface area contributed by atoms with Crippen LogP contribution < -0.4 is 15.4 Å². The third-order valence-electron chi connectivity index (χ3n) is 5.42. The molecule has 2 N–H and O–H groups in total. The Bertz CT molecular complexity index is 871. The number of nitrogens with zero attached hydrogens (tertiary/aromatic N) is 2. The Morgan fingerprint density at radius 3 is 2.40 bits per heavy atom. The maximum atomic E-state index is 12.6. The number of rotatable bonds is 6. The van der Waals surface area contributed by atoms with Crippen LogP contribution in [0.25, 0.3) is 0 Å². The van der Waals surface area contributed by atoms with Gasteiger partial charge in [0.1, 0.15) is 5.75 Å². The first-order valence-corrected chi connectivity index (χ1v) is 10.6. The molecule has 0 spiro atoms. The first kappa shape index (κ1) is 21.7. The van der Waals surface area contributed by atoms with E-state index in [4.69, 9.17) is 4.74 Å². The molecule has 3 rings (SSSR count). The van der Waals surface area contributed by atoms with Gasteiger partial charge in [-0.05, 0) is 55.5 Å². The molecule has 2 aromatic carbocycles. The van der Waals surface area contributed by atoms with Crippen LogP contribution in [0.1, 0.15) is 46.3 Å². The fourth-order valence-electron chi connectivity index (χ4n) is 3.63. The van der Waals surface area contributed by atoms with Crippen molar-refractivity contribution in [2.75, 3.05) is 27.2 Å². The smallest absolute Gasteiger partial charge is 0.253 e. The molecule has 1 saturated heterocycles. The van der Waals surface area contributed by atoms with Gasteiger partial charge in [0.15, 0.2) is 5.96 Å². The highest BCUT2D eigenvalue weighted by Gasteiger charge is 2.17. The first-order chi connectivity index (χ1) is 14.6. The molecule has 6 heteroatoms. The summed E-state index contributed by atoms with van der Waals surface area (Å²) in [5.74, 6) is 1.72. The van der Waals surface area contributed by atoms with E-state index in [0.717, 1.165) is 48.4 Å². The summed E-state index contributed by atoms with van der Waals surface area (Å²) >= 11 is 0. The number of carbonyl (C=O) groups is 1. The summed E-state index contributed by atoms with van der Waals surface area (Å²) in [5, 5.41) is 6.64. The van der Waals surface area contributed by atoms with Crippen molar-refractivity contribution in [1.29, 1.82) is 0 Å². The summed E-state index contributed by atoms with van der Waals surface area (Å²) in [6, 6.07) is 14.0. The molecular weight excluding hydrogens is 376 g/mol. The lowest BCUT2D eigenvalue weighted by atomic mass is 10.1. The van der Waals surface area contributed by atoms with E-state index in [9.17, 15) is 4.79 Å². The third-order valence-corrected chi connectivity index (χ3v) is 5.42. The average molecular weight is 409 g/mol. The fourth-order valence-corrected chi connectivity index (χ4v) is 3.63. The Balaban J connectivity index is 1.52. The van der Waals surface area contributed by atoms with Crippen LogP contribution in [0.15, 0.2) is 47.5 Å². The van der Waals surface area contributed by atoms with Gasteiger partial charge in [-0.25, -0.2) is 0 Å². The molecule has 0 aliphatic carbocycles. The molecule has 0 aromatic heterocycles. The van der Waals surface area contributed by atoms with E-state index in [1.54, 1.807) is 14.2 Å². The number of ether oxygens (including phenoxy) is 1. The normalized spacial score (nSPS) is 14.4. The number of nitrogens with one attached hydrogen (secondary N) is 2. The second kappa shape index (κ2) is 10.7. The first-order valence-electron chi connectivity index (χ1n) is 10.6. The van der Waals surface area contributed by atoms with Gasteiger partial charge in [-0.1, -0.05) is 24.3 Å². The van der Waals surface area contributed by atoms with Crippen molar-refractivity contribution in [3.63, 3.8) is 0 Å². The van der Waals surface area contributed by atoms with E-state index in [1.165, 1.54) is 12.0 Å². The molecule has 1 fully saturated rings. The lowest BCUT2D eigenvalue weighted by Gasteiger charge is -2.26. The van der Waals surface area contributed by atoms with Crippen LogP contribution in [-0.4, -0.2) is 44.0 Å². The molecule has 1 aliphatic heterocycles. The minimum absolute atomic E-state index is 0.138. The Labute approximate surface area is 179 Å². The van der Waals surface area contributed by atoms with Gasteiger partial charge in [0.2, 0.25) is 0 Å². The van der Waals surface area contributed by atoms with Gasteiger partial charge in [0, 0.05) is 44.4 Å². The molecule has 0 saturated carbocycles. The number of amides is 1. The number of benzene rings is 2. The van der Waals surface area contributed by atoms with Crippen molar-refractivity contribution in [2.24, 2.45) is 4.99 Å². The molecule has 160 valence electrons. The second-order valence-electron chi connectivity index (χ2n) is 7.64. The SMILES string of the molecule is CN=C(NCc1ccc(C(=O)N2CCCCC2)cc1)NCc1ccc(C)cc1OC. The lowest BCUT2D eigenvalue weighted by molar-refractivity contribution is 0.0724. The Kier molecular flexibility index (Phi) is 7.71. The largest absolute Gasteiger partial charge is 0.496 e. The molecular formula is C24H32N4O2. The zero-order chi connectivity index (χ0) is 21.3. The zero-order valence-electron chi connectivity index (χ0n) is 18.2. The average Bonchev–Trinajstić information content (AvgIpc) is 2.80. The molecule has 0 radical (unpaired) electrons. The molecule has 6 nitrogen and oxygen atoms in total. The number of methoxy groups -OCH3 is 1. The van der Waals surface area contributed by atoms with Crippen LogP contribution in [0.5, 0.6) is 5.75 Å². The van der Waals surface area contributed by atoms with Crippen LogP contribution in [-0.2, 0) is 13.1 Å². The van der Waals surface area contributed by atoms with Crippen LogP contribution in [0.4, 0.5) is 0 Å². The van der Waals surface area contributed by atoms with Gasteiger partial charge < -0.3 is 20.3 Å². The van der Waals surface area contributed by atoms with Gasteiger partial charge >= 0.3 is 0 Å². The highest BCUT2D eigenvalue weighted by Crippen LogP contribution is 2.19. The van der Waals surface area contributed by atoms with Gasteiger partial charge in [0.05, 0.1) is 7.11 Å². The summed E-state index contributed by atoms with van der Waals surface area (Å²) in [6.45, 7) is 5.03. The molecule has 0 bridgehead atoms. The van der Waals surface area contributed by atoms with E-state index < -0.39 is 0 Å². The number of carbonyl (C=O) groups excluding carboxylic acids is 1. The van der Waals surface area contributed by atoms with Gasteiger partial charge in [-0.3, -0.25) is 9.79 Å². The van der Waals surface area contributed by atoms with Gasteiger partial charge in [0.25, 0.3) is 5.91 Å². The topological polar surface area (TPSA) is 66.0 Å². The number of aliphatic imine (C=N–C) groups is 1. The van der Waals surface area contributed by atoms with Gasteiger partial charge in [-0.2, -0.15) is 0 Å². The van der Waals surface area contributed by atoms with E-state index in [0.29, 0.717) is 19.0 Å². The predicted octanol–water partition coefficient (Wildman–Crippen LogP) is 3.49. The number of piperidine rings is 1. The molecule has 1 aliphatic rings. The van der Waals surface area contributed by atoms with Crippen LogP contribution in [0.3, 0.4) is 0 Å². The third kappa shape index (κ3) is 5.75. The Morgan fingerprint density at radius 1 is 1.03 bits per heavy atom. The van der Waals surface area contributed by atoms with Crippen molar-refractivity contribution in [3.05, 3.63) is 64.7 Å². The molecule has 0 unspecified atom stereocenters. The van der Waals surface area contributed by atoms with E-state index >= 15 is 0 Å². The standard InChI is InChI=1S/C24H32N4O2/c1-18-7-10-21(22(15-18)30-3)17-27-24(25-2)26-16-19-8-11-20(12-9-19)23(29)28-13-5-4-6-14-28/h7-12,15H,4-6,13-14,16-17H2,1-3H3,(H2,25,26,27). The molecule has 1 heterocycles. The summed E-state index contributed by atoms with van der Waals surface area (Å²) in [4.78, 5) is 18.8. The van der Waals surface area contributed by atoms with Crippen LogP contribution in [0, 0.1) is 6.92 Å². The van der Waals surface area contributed by atoms with Crippen molar-refractivity contribution in [3.8, 4) is 5.75 Å². The molecule has 30 heavy (non-hydrogen) atoms. The Morgan fingerprint density at radius 2 is 1.73 bits per heavy atom. The predicted molar refractivity (Wildman–Crippen MR) is 121 cm³/mol. The summed E-state index contributed by atoms with van der Waals surface area (Å²) in [6.07, 6.45) is 3.43. The van der Waals surface area contributed by atoms with Crippen molar-refractivity contribution >= 4 is 11.9 Å². The quantitative estimate of drug-likeness (QED) is 0.567. The van der Waals surface area contributed by atoms with Crippen molar-refractivity contribution in [1.82, 2.24) is 15.5 Å². The lowest BCUT2D eigenvalue weighted by Crippen LogP contribution is -2.36. The van der Waals surface area contributed by atoms with Crippen LogP contribution in [0.2, 0.25) is 0 Å². The number of hydrogen-bond acceptors (Lipinski definition) is 3. The Hall–Kier alpha value is -3.02. The van der Waals surface area contributed by atoms with Crippen LogP contribution >= 0.6 is 0 Å². The van der Waals surface area contributed by atoms with E-state index in [1.807, 2.05) is 42.2 Å². The molecule has 0 atom stereocenters. The summed E-state index contributed by atoms with van der Waals surface area (Å²) in [7, 11) is 3.44. The van der Waals surface area contributed by atoms with E-state index in [-0.39, 0.29) is 5.91 Å². The highest BCUT2D eigenvalue weighted by molar-refractivity contribution is 5.94. The summed E-state index contributed by atoms with van der Waals surface area (Å²) < 4.78 is 5.46. The maximum absolute atomic E-state index is 12.6. The monoisotopic (exact) mass is 408 g/mol.